The Morgan fingerprint density at radius 2 is 1.82 bits per heavy atom. The van der Waals surface area contributed by atoms with E-state index < -0.39 is 0 Å². The number of nitrogens with one attached hydrogen (secondary N) is 1. The first-order valence-corrected chi connectivity index (χ1v) is 7.99. The molecule has 2 aromatic rings. The average molecular weight is 296 g/mol. The lowest BCUT2D eigenvalue weighted by atomic mass is 10.2. The van der Waals surface area contributed by atoms with Crippen molar-refractivity contribution < 1.29 is 4.74 Å². The molecule has 0 radical (unpaired) electrons. The lowest BCUT2D eigenvalue weighted by Gasteiger charge is -2.16. The summed E-state index contributed by atoms with van der Waals surface area (Å²) in [5, 5.41) is 3.36. The number of likely N-dealkylation sites (N-methyl/N-ethyl adjacent to an activating group) is 1. The Morgan fingerprint density at radius 1 is 1.05 bits per heavy atom. The number of rotatable bonds is 6. The van der Waals surface area contributed by atoms with Gasteiger partial charge >= 0.3 is 0 Å². The van der Waals surface area contributed by atoms with Crippen LogP contribution in [-0.2, 0) is 13.2 Å². The second-order valence-corrected chi connectivity index (χ2v) is 5.93. The van der Waals surface area contributed by atoms with Crippen LogP contribution in [-0.4, -0.2) is 31.1 Å². The number of benzene rings is 2. The van der Waals surface area contributed by atoms with Crippen molar-refractivity contribution in [1.29, 1.82) is 0 Å². The van der Waals surface area contributed by atoms with Crippen LogP contribution in [0.15, 0.2) is 54.6 Å². The molecule has 2 aromatic carbocycles. The summed E-state index contributed by atoms with van der Waals surface area (Å²) < 4.78 is 5.83. The smallest absolute Gasteiger partial charge is 0.119 e. The highest BCUT2D eigenvalue weighted by molar-refractivity contribution is 5.28. The first kappa shape index (κ1) is 15.1. The molecule has 3 rings (SSSR count). The van der Waals surface area contributed by atoms with E-state index in [0.717, 1.165) is 18.8 Å². The topological polar surface area (TPSA) is 24.5 Å². The van der Waals surface area contributed by atoms with Crippen molar-refractivity contribution in [1.82, 2.24) is 10.2 Å². The van der Waals surface area contributed by atoms with Crippen LogP contribution in [0.5, 0.6) is 5.75 Å². The maximum absolute atomic E-state index is 5.83. The number of likely N-dealkylation sites (tertiary alicyclic amines) is 1. The highest BCUT2D eigenvalue weighted by Crippen LogP contribution is 2.17. The molecule has 1 saturated heterocycles. The average Bonchev–Trinajstić information content (AvgIpc) is 3.03. The molecular formula is C19H24N2O. The summed E-state index contributed by atoms with van der Waals surface area (Å²) in [6, 6.07) is 19.4. The molecule has 1 aliphatic rings. The molecular weight excluding hydrogens is 272 g/mol. The van der Waals surface area contributed by atoms with E-state index in [2.05, 4.69) is 46.6 Å². The minimum atomic E-state index is 0.621. The van der Waals surface area contributed by atoms with Gasteiger partial charge in [0.15, 0.2) is 0 Å². The van der Waals surface area contributed by atoms with Crippen LogP contribution < -0.4 is 10.1 Å². The van der Waals surface area contributed by atoms with Gasteiger partial charge in [0.2, 0.25) is 0 Å². The van der Waals surface area contributed by atoms with Crippen molar-refractivity contribution in [2.24, 2.45) is 0 Å². The third-order valence-corrected chi connectivity index (χ3v) is 4.26. The first-order valence-electron chi connectivity index (χ1n) is 7.99. The van der Waals surface area contributed by atoms with Gasteiger partial charge in [-0.2, -0.15) is 0 Å². The zero-order valence-corrected chi connectivity index (χ0v) is 13.2. The molecule has 0 bridgehead atoms. The maximum atomic E-state index is 5.83. The van der Waals surface area contributed by atoms with Crippen molar-refractivity contribution in [2.75, 3.05) is 20.1 Å². The highest BCUT2D eigenvalue weighted by atomic mass is 16.5. The van der Waals surface area contributed by atoms with Gasteiger partial charge in [-0.3, -0.25) is 4.90 Å². The molecule has 1 fully saturated rings. The molecule has 0 spiro atoms. The van der Waals surface area contributed by atoms with Gasteiger partial charge in [-0.05, 0) is 36.7 Å². The summed E-state index contributed by atoms with van der Waals surface area (Å²) in [6.45, 7) is 3.97. The molecule has 3 nitrogen and oxygen atoms in total. The molecule has 1 aliphatic heterocycles. The second-order valence-electron chi connectivity index (χ2n) is 5.93. The normalized spacial score (nSPS) is 18.5. The van der Waals surface area contributed by atoms with Crippen molar-refractivity contribution in [3.05, 3.63) is 65.7 Å². The van der Waals surface area contributed by atoms with Crippen LogP contribution in [0.25, 0.3) is 0 Å². The predicted molar refractivity (Wildman–Crippen MR) is 90.0 cm³/mol. The van der Waals surface area contributed by atoms with Crippen molar-refractivity contribution in [3.8, 4) is 5.75 Å². The molecule has 0 aromatic heterocycles. The minimum absolute atomic E-state index is 0.621. The van der Waals surface area contributed by atoms with Gasteiger partial charge < -0.3 is 10.1 Å². The summed E-state index contributed by atoms with van der Waals surface area (Å²) in [5.74, 6) is 0.933. The van der Waals surface area contributed by atoms with E-state index in [0.29, 0.717) is 12.6 Å². The second kappa shape index (κ2) is 7.43. The molecule has 1 unspecified atom stereocenters. The maximum Gasteiger partial charge on any atom is 0.119 e. The number of ether oxygens (including phenoxy) is 1. The van der Waals surface area contributed by atoms with Crippen LogP contribution in [0.2, 0.25) is 0 Å². The van der Waals surface area contributed by atoms with E-state index in [9.17, 15) is 0 Å². The Morgan fingerprint density at radius 3 is 2.50 bits per heavy atom. The van der Waals surface area contributed by atoms with Crippen LogP contribution in [0.1, 0.15) is 17.5 Å². The van der Waals surface area contributed by atoms with Gasteiger partial charge in [0, 0.05) is 25.7 Å². The molecule has 0 amide bonds. The van der Waals surface area contributed by atoms with E-state index in [1.54, 1.807) is 0 Å². The quantitative estimate of drug-likeness (QED) is 0.886. The highest BCUT2D eigenvalue weighted by Gasteiger charge is 2.20. The summed E-state index contributed by atoms with van der Waals surface area (Å²) in [7, 11) is 2.05. The Labute approximate surface area is 132 Å². The van der Waals surface area contributed by atoms with Gasteiger partial charge in [0.05, 0.1) is 0 Å². The van der Waals surface area contributed by atoms with E-state index >= 15 is 0 Å². The largest absolute Gasteiger partial charge is 0.489 e. The number of hydrogen-bond acceptors (Lipinski definition) is 3. The Kier molecular flexibility index (Phi) is 5.09. The fourth-order valence-corrected chi connectivity index (χ4v) is 2.90. The van der Waals surface area contributed by atoms with E-state index in [1.807, 2.05) is 25.2 Å². The van der Waals surface area contributed by atoms with Gasteiger partial charge in [0.1, 0.15) is 12.4 Å². The number of hydrogen-bond donors (Lipinski definition) is 1. The Hall–Kier alpha value is -1.84. The van der Waals surface area contributed by atoms with Crippen LogP contribution in [0.3, 0.4) is 0 Å². The summed E-state index contributed by atoms with van der Waals surface area (Å²) in [6.07, 6.45) is 1.24. The summed E-state index contributed by atoms with van der Waals surface area (Å²) >= 11 is 0. The van der Waals surface area contributed by atoms with Crippen LogP contribution in [0, 0.1) is 0 Å². The minimum Gasteiger partial charge on any atom is -0.489 e. The lowest BCUT2D eigenvalue weighted by Crippen LogP contribution is -2.29. The van der Waals surface area contributed by atoms with Crippen LogP contribution in [0.4, 0.5) is 0 Å². The van der Waals surface area contributed by atoms with Gasteiger partial charge in [-0.15, -0.1) is 0 Å². The van der Waals surface area contributed by atoms with E-state index in [4.69, 9.17) is 4.74 Å². The lowest BCUT2D eigenvalue weighted by molar-refractivity contribution is 0.305. The molecule has 0 saturated carbocycles. The fraction of sp³-hybridized carbons (Fsp3) is 0.368. The van der Waals surface area contributed by atoms with Gasteiger partial charge in [-0.1, -0.05) is 42.5 Å². The molecule has 1 N–H and O–H groups in total. The monoisotopic (exact) mass is 296 g/mol. The zero-order valence-electron chi connectivity index (χ0n) is 13.2. The molecule has 3 heteroatoms. The Balaban J connectivity index is 1.50. The fourth-order valence-electron chi connectivity index (χ4n) is 2.90. The summed E-state index contributed by atoms with van der Waals surface area (Å²) in [4.78, 5) is 2.50. The third kappa shape index (κ3) is 4.09. The standard InChI is InChI=1S/C19H24N2O/c1-20-18-11-12-21(14-18)13-16-7-9-19(10-8-16)22-15-17-5-3-2-4-6-17/h2-10,18,20H,11-15H2,1H3. The van der Waals surface area contributed by atoms with E-state index in [-0.39, 0.29) is 0 Å². The van der Waals surface area contributed by atoms with Crippen molar-refractivity contribution in [3.63, 3.8) is 0 Å². The van der Waals surface area contributed by atoms with Gasteiger partial charge in [0.25, 0.3) is 0 Å². The van der Waals surface area contributed by atoms with Crippen molar-refractivity contribution in [2.45, 2.75) is 25.6 Å². The third-order valence-electron chi connectivity index (χ3n) is 4.26. The molecule has 116 valence electrons. The van der Waals surface area contributed by atoms with E-state index in [1.165, 1.54) is 24.1 Å². The number of nitrogens with zero attached hydrogens (tertiary/aromatic N) is 1. The molecule has 1 atom stereocenters. The van der Waals surface area contributed by atoms with Gasteiger partial charge in [-0.25, -0.2) is 0 Å². The Bertz CT molecular complexity index is 568. The first-order chi connectivity index (χ1) is 10.8. The van der Waals surface area contributed by atoms with Crippen molar-refractivity contribution >= 4 is 0 Å². The van der Waals surface area contributed by atoms with Crippen LogP contribution >= 0.6 is 0 Å². The predicted octanol–water partition coefficient (Wildman–Crippen LogP) is 3.06. The molecule has 0 aliphatic carbocycles. The molecule has 22 heavy (non-hydrogen) atoms. The SMILES string of the molecule is CNC1CCN(Cc2ccc(OCc3ccccc3)cc2)C1. The molecule has 1 heterocycles. The zero-order chi connectivity index (χ0) is 15.2. The summed E-state index contributed by atoms with van der Waals surface area (Å²) in [5.41, 5.74) is 2.55.